The number of nitrogens with zero attached hydrogens (tertiary/aromatic N) is 1. The molecule has 1 aromatic heterocycles. The van der Waals surface area contributed by atoms with Crippen LogP contribution in [-0.2, 0) is 4.79 Å². The number of H-pyrrole nitrogens is 1. The fourth-order valence-corrected chi connectivity index (χ4v) is 0.780. The molecule has 0 aliphatic rings. The first-order valence-electron chi connectivity index (χ1n) is 4.36. The number of hydrogen-bond donors (Lipinski definition) is 2. The molecule has 0 aliphatic carbocycles. The zero-order valence-electron chi connectivity index (χ0n) is 8.22. The molecule has 72 valence electrons. The van der Waals surface area contributed by atoms with E-state index < -0.39 is 0 Å². The lowest BCUT2D eigenvalue weighted by Gasteiger charge is -2.20. The second-order valence-corrected chi connectivity index (χ2v) is 3.68. The number of carbonyl (C=O) groups excluding carboxylic acids is 1. The Labute approximate surface area is 77.7 Å². The van der Waals surface area contributed by atoms with Crippen LogP contribution in [0, 0.1) is 5.41 Å². The smallest absolute Gasteiger partial charge is 0.230 e. The average molecular weight is 181 g/mol. The summed E-state index contributed by atoms with van der Waals surface area (Å²) in [5.74, 6) is 0.0244. The topological polar surface area (TPSA) is 57.8 Å². The lowest BCUT2D eigenvalue weighted by molar-refractivity contribution is -0.124. The molecule has 0 saturated heterocycles. The van der Waals surface area contributed by atoms with Crippen LogP contribution in [-0.4, -0.2) is 16.1 Å². The monoisotopic (exact) mass is 181 g/mol. The molecule has 1 rings (SSSR count). The molecule has 2 N–H and O–H groups in total. The summed E-state index contributed by atoms with van der Waals surface area (Å²) in [5, 5.41) is 9.16. The lowest BCUT2D eigenvalue weighted by atomic mass is 9.89. The highest BCUT2D eigenvalue weighted by molar-refractivity contribution is 5.94. The summed E-state index contributed by atoms with van der Waals surface area (Å²) >= 11 is 0. The van der Waals surface area contributed by atoms with Gasteiger partial charge in [0.15, 0.2) is 0 Å². The Bertz CT molecular complexity index is 277. The van der Waals surface area contributed by atoms with E-state index in [1.807, 2.05) is 20.8 Å². The van der Waals surface area contributed by atoms with E-state index >= 15 is 0 Å². The van der Waals surface area contributed by atoms with Crippen molar-refractivity contribution in [3.8, 4) is 0 Å². The van der Waals surface area contributed by atoms with E-state index in [0.717, 1.165) is 6.42 Å². The van der Waals surface area contributed by atoms with Gasteiger partial charge in [0.25, 0.3) is 0 Å². The third-order valence-corrected chi connectivity index (χ3v) is 2.25. The van der Waals surface area contributed by atoms with Crippen LogP contribution in [0.4, 0.5) is 5.69 Å². The van der Waals surface area contributed by atoms with E-state index in [1.165, 1.54) is 0 Å². The van der Waals surface area contributed by atoms with Gasteiger partial charge in [0.1, 0.15) is 0 Å². The molecule has 0 radical (unpaired) electrons. The van der Waals surface area contributed by atoms with Crippen molar-refractivity contribution in [1.29, 1.82) is 0 Å². The molecule has 0 atom stereocenters. The first-order chi connectivity index (χ1) is 6.06. The van der Waals surface area contributed by atoms with E-state index in [-0.39, 0.29) is 11.3 Å². The van der Waals surface area contributed by atoms with Gasteiger partial charge < -0.3 is 5.32 Å². The Morgan fingerprint density at radius 1 is 1.69 bits per heavy atom. The van der Waals surface area contributed by atoms with Gasteiger partial charge in [-0.15, -0.1) is 0 Å². The quantitative estimate of drug-likeness (QED) is 0.746. The largest absolute Gasteiger partial charge is 0.323 e. The molecule has 4 heteroatoms. The Hall–Kier alpha value is -1.32. The molecule has 0 fully saturated rings. The van der Waals surface area contributed by atoms with Gasteiger partial charge in [0, 0.05) is 11.6 Å². The van der Waals surface area contributed by atoms with Crippen molar-refractivity contribution >= 4 is 11.6 Å². The fourth-order valence-electron chi connectivity index (χ4n) is 0.780. The molecule has 0 aliphatic heterocycles. The van der Waals surface area contributed by atoms with Gasteiger partial charge in [-0.05, 0) is 6.42 Å². The number of nitrogens with one attached hydrogen (secondary N) is 2. The van der Waals surface area contributed by atoms with Gasteiger partial charge >= 0.3 is 0 Å². The molecule has 1 heterocycles. The molecule has 4 nitrogen and oxygen atoms in total. The van der Waals surface area contributed by atoms with E-state index in [9.17, 15) is 4.79 Å². The molecular formula is C9H15N3O. The Morgan fingerprint density at radius 3 is 2.85 bits per heavy atom. The number of aromatic nitrogens is 2. The van der Waals surface area contributed by atoms with Gasteiger partial charge in [-0.3, -0.25) is 9.89 Å². The predicted octanol–water partition coefficient (Wildman–Crippen LogP) is 1.78. The number of carbonyl (C=O) groups is 1. The van der Waals surface area contributed by atoms with Crippen molar-refractivity contribution < 1.29 is 4.79 Å². The third-order valence-electron chi connectivity index (χ3n) is 2.25. The van der Waals surface area contributed by atoms with Crippen LogP contribution < -0.4 is 5.32 Å². The number of rotatable bonds is 3. The van der Waals surface area contributed by atoms with E-state index in [2.05, 4.69) is 15.5 Å². The summed E-state index contributed by atoms with van der Waals surface area (Å²) in [5.41, 5.74) is 0.392. The zero-order chi connectivity index (χ0) is 9.90. The molecular weight excluding hydrogens is 166 g/mol. The second-order valence-electron chi connectivity index (χ2n) is 3.68. The molecule has 0 spiro atoms. The standard InChI is InChI=1S/C9H15N3O/c1-4-9(2,3)8(13)12-7-5-10-11-6-7/h5-6H,4H2,1-3H3,(H,10,11)(H,12,13). The normalized spacial score (nSPS) is 11.3. The molecule has 0 aromatic carbocycles. The first kappa shape index (κ1) is 9.77. The first-order valence-corrected chi connectivity index (χ1v) is 4.36. The summed E-state index contributed by atoms with van der Waals surface area (Å²) in [4.78, 5) is 11.6. The summed E-state index contributed by atoms with van der Waals surface area (Å²) in [6.07, 6.45) is 4.06. The van der Waals surface area contributed by atoms with E-state index in [4.69, 9.17) is 0 Å². The summed E-state index contributed by atoms with van der Waals surface area (Å²) in [7, 11) is 0. The van der Waals surface area contributed by atoms with Gasteiger partial charge in [-0.25, -0.2) is 0 Å². The van der Waals surface area contributed by atoms with Crippen LogP contribution in [0.15, 0.2) is 12.4 Å². The van der Waals surface area contributed by atoms with Gasteiger partial charge in [0.05, 0.1) is 11.9 Å². The van der Waals surface area contributed by atoms with Gasteiger partial charge in [-0.2, -0.15) is 5.10 Å². The zero-order valence-corrected chi connectivity index (χ0v) is 8.22. The molecule has 0 bridgehead atoms. The maximum atomic E-state index is 11.6. The number of anilines is 1. The van der Waals surface area contributed by atoms with Gasteiger partial charge in [-0.1, -0.05) is 20.8 Å². The minimum Gasteiger partial charge on any atom is -0.323 e. The Balaban J connectivity index is 2.61. The highest BCUT2D eigenvalue weighted by Crippen LogP contribution is 2.21. The third kappa shape index (κ3) is 2.31. The van der Waals surface area contributed by atoms with Crippen LogP contribution >= 0.6 is 0 Å². The van der Waals surface area contributed by atoms with E-state index in [0.29, 0.717) is 5.69 Å². The maximum absolute atomic E-state index is 11.6. The van der Waals surface area contributed by atoms with Crippen LogP contribution in [0.2, 0.25) is 0 Å². The van der Waals surface area contributed by atoms with E-state index in [1.54, 1.807) is 12.4 Å². The van der Waals surface area contributed by atoms with Crippen LogP contribution in [0.5, 0.6) is 0 Å². The van der Waals surface area contributed by atoms with Crippen molar-refractivity contribution in [2.45, 2.75) is 27.2 Å². The van der Waals surface area contributed by atoms with Crippen molar-refractivity contribution in [1.82, 2.24) is 10.2 Å². The van der Waals surface area contributed by atoms with Crippen molar-refractivity contribution in [2.24, 2.45) is 5.41 Å². The summed E-state index contributed by atoms with van der Waals surface area (Å²) in [6.45, 7) is 5.83. The lowest BCUT2D eigenvalue weighted by Crippen LogP contribution is -2.29. The highest BCUT2D eigenvalue weighted by atomic mass is 16.2. The SMILES string of the molecule is CCC(C)(C)C(=O)Nc1cn[nH]c1. The van der Waals surface area contributed by atoms with Crippen molar-refractivity contribution in [3.05, 3.63) is 12.4 Å². The van der Waals surface area contributed by atoms with Crippen molar-refractivity contribution in [3.63, 3.8) is 0 Å². The van der Waals surface area contributed by atoms with Crippen molar-refractivity contribution in [2.75, 3.05) is 5.32 Å². The number of hydrogen-bond acceptors (Lipinski definition) is 2. The summed E-state index contributed by atoms with van der Waals surface area (Å²) in [6, 6.07) is 0. The molecule has 1 amide bonds. The van der Waals surface area contributed by atoms with Gasteiger partial charge in [0.2, 0.25) is 5.91 Å². The molecule has 0 unspecified atom stereocenters. The molecule has 1 aromatic rings. The summed E-state index contributed by atoms with van der Waals surface area (Å²) < 4.78 is 0. The molecule has 13 heavy (non-hydrogen) atoms. The maximum Gasteiger partial charge on any atom is 0.230 e. The highest BCUT2D eigenvalue weighted by Gasteiger charge is 2.25. The fraction of sp³-hybridized carbons (Fsp3) is 0.556. The van der Waals surface area contributed by atoms with Crippen LogP contribution in [0.25, 0.3) is 0 Å². The Kier molecular flexibility index (Phi) is 2.70. The molecule has 0 saturated carbocycles. The number of aromatic amines is 1. The average Bonchev–Trinajstić information content (AvgIpc) is 2.57. The number of amides is 1. The minimum atomic E-state index is -0.322. The van der Waals surface area contributed by atoms with Crippen LogP contribution in [0.1, 0.15) is 27.2 Å². The second kappa shape index (κ2) is 3.60. The minimum absolute atomic E-state index is 0.0244. The predicted molar refractivity (Wildman–Crippen MR) is 51.3 cm³/mol. The Morgan fingerprint density at radius 2 is 2.38 bits per heavy atom. The van der Waals surface area contributed by atoms with Crippen LogP contribution in [0.3, 0.4) is 0 Å².